The highest BCUT2D eigenvalue weighted by Gasteiger charge is 2.10. The molecule has 0 saturated heterocycles. The van der Waals surface area contributed by atoms with Gasteiger partial charge in [-0.3, -0.25) is 14.3 Å². The molecule has 0 spiro atoms. The molecule has 2 rings (SSSR count). The summed E-state index contributed by atoms with van der Waals surface area (Å²) in [5, 5.41) is 5.16. The molecule has 0 aliphatic heterocycles. The lowest BCUT2D eigenvalue weighted by atomic mass is 10.2. The maximum atomic E-state index is 11.8. The number of rotatable bonds is 5. The third-order valence-corrected chi connectivity index (χ3v) is 3.26. The Kier molecular flexibility index (Phi) is 4.31. The largest absolute Gasteiger partial charge is 0.469 e. The number of hydrogen-bond donors (Lipinski definition) is 0. The Labute approximate surface area is 118 Å². The molecule has 0 amide bonds. The first kappa shape index (κ1) is 13.7. The van der Waals surface area contributed by atoms with Gasteiger partial charge in [0.25, 0.3) is 0 Å². The standard InChI is InChI=1S/C13H13BrN2O3/c1-19-13(18)5-4-11(17)8-16-12-6-10(14)3-2-9(12)7-15-16/h2-3,6-7H,4-5,8H2,1H3. The van der Waals surface area contributed by atoms with Gasteiger partial charge in [-0.2, -0.15) is 5.10 Å². The van der Waals surface area contributed by atoms with Gasteiger partial charge >= 0.3 is 5.97 Å². The molecule has 0 saturated carbocycles. The van der Waals surface area contributed by atoms with Crippen LogP contribution in [0.25, 0.3) is 10.9 Å². The zero-order valence-electron chi connectivity index (χ0n) is 10.4. The fourth-order valence-electron chi connectivity index (χ4n) is 1.76. The molecule has 0 radical (unpaired) electrons. The summed E-state index contributed by atoms with van der Waals surface area (Å²) in [6.07, 6.45) is 2.00. The number of carbonyl (C=O) groups excluding carboxylic acids is 2. The molecule has 19 heavy (non-hydrogen) atoms. The van der Waals surface area contributed by atoms with Crippen LogP contribution in [-0.2, 0) is 20.9 Å². The number of nitrogens with zero attached hydrogens (tertiary/aromatic N) is 2. The van der Waals surface area contributed by atoms with Gasteiger partial charge in [0.2, 0.25) is 0 Å². The predicted molar refractivity (Wildman–Crippen MR) is 73.7 cm³/mol. The molecule has 100 valence electrons. The van der Waals surface area contributed by atoms with Crippen molar-refractivity contribution in [2.45, 2.75) is 19.4 Å². The molecule has 0 aliphatic rings. The summed E-state index contributed by atoms with van der Waals surface area (Å²) in [5.74, 6) is -0.420. The molecule has 5 nitrogen and oxygen atoms in total. The third kappa shape index (κ3) is 3.41. The van der Waals surface area contributed by atoms with Crippen molar-refractivity contribution in [3.63, 3.8) is 0 Å². The lowest BCUT2D eigenvalue weighted by Gasteiger charge is -2.03. The van der Waals surface area contributed by atoms with E-state index in [2.05, 4.69) is 25.8 Å². The van der Waals surface area contributed by atoms with Gasteiger partial charge < -0.3 is 4.74 Å². The average molecular weight is 325 g/mol. The van der Waals surface area contributed by atoms with E-state index in [9.17, 15) is 9.59 Å². The van der Waals surface area contributed by atoms with Crippen LogP contribution in [0.1, 0.15) is 12.8 Å². The fraction of sp³-hybridized carbons (Fsp3) is 0.308. The number of benzene rings is 1. The highest BCUT2D eigenvalue weighted by molar-refractivity contribution is 9.10. The molecule has 6 heteroatoms. The average Bonchev–Trinajstić information content (AvgIpc) is 2.78. The number of aromatic nitrogens is 2. The van der Waals surface area contributed by atoms with Crippen LogP contribution in [0.5, 0.6) is 0 Å². The van der Waals surface area contributed by atoms with Gasteiger partial charge in [0.05, 0.1) is 25.2 Å². The van der Waals surface area contributed by atoms with Crippen molar-refractivity contribution in [1.29, 1.82) is 0 Å². The number of hydrogen-bond acceptors (Lipinski definition) is 4. The minimum absolute atomic E-state index is 0.0459. The summed E-state index contributed by atoms with van der Waals surface area (Å²) < 4.78 is 7.07. The van der Waals surface area contributed by atoms with Crippen LogP contribution >= 0.6 is 15.9 Å². The summed E-state index contributed by atoms with van der Waals surface area (Å²) in [6, 6.07) is 5.77. The van der Waals surface area contributed by atoms with E-state index >= 15 is 0 Å². The number of Topliss-reactive ketones (excluding diaryl/α,β-unsaturated/α-hetero) is 1. The minimum Gasteiger partial charge on any atom is -0.469 e. The summed E-state index contributed by atoms with van der Waals surface area (Å²) >= 11 is 3.39. The number of esters is 1. The predicted octanol–water partition coefficient (Wildman–Crippen LogP) is 2.32. The van der Waals surface area contributed by atoms with Crippen LogP contribution in [0.15, 0.2) is 28.9 Å². The molecule has 0 atom stereocenters. The van der Waals surface area contributed by atoms with E-state index in [1.54, 1.807) is 10.9 Å². The monoisotopic (exact) mass is 324 g/mol. The summed E-state index contributed by atoms with van der Waals surface area (Å²) in [5.41, 5.74) is 0.890. The van der Waals surface area contributed by atoms with E-state index in [4.69, 9.17) is 0 Å². The van der Waals surface area contributed by atoms with Crippen molar-refractivity contribution in [3.05, 3.63) is 28.9 Å². The molecule has 0 fully saturated rings. The van der Waals surface area contributed by atoms with Gasteiger partial charge in [-0.15, -0.1) is 0 Å². The number of carbonyl (C=O) groups is 2. The second-order valence-electron chi connectivity index (χ2n) is 4.12. The lowest BCUT2D eigenvalue weighted by Crippen LogP contribution is -2.13. The topological polar surface area (TPSA) is 61.2 Å². The van der Waals surface area contributed by atoms with E-state index in [-0.39, 0.29) is 31.1 Å². The molecule has 0 unspecified atom stereocenters. The van der Waals surface area contributed by atoms with Crippen molar-refractivity contribution in [2.75, 3.05) is 7.11 Å². The normalized spacial score (nSPS) is 10.6. The first-order valence-electron chi connectivity index (χ1n) is 5.80. The van der Waals surface area contributed by atoms with E-state index < -0.39 is 0 Å². The highest BCUT2D eigenvalue weighted by atomic mass is 79.9. The Morgan fingerprint density at radius 2 is 2.16 bits per heavy atom. The summed E-state index contributed by atoms with van der Waals surface area (Å²) in [7, 11) is 1.31. The second-order valence-corrected chi connectivity index (χ2v) is 5.04. The molecule has 0 bridgehead atoms. The number of ketones is 1. The molecular weight excluding hydrogens is 312 g/mol. The van der Waals surface area contributed by atoms with Crippen molar-refractivity contribution >= 4 is 38.6 Å². The number of methoxy groups -OCH3 is 1. The second kappa shape index (κ2) is 5.97. The first-order chi connectivity index (χ1) is 9.10. The molecule has 1 aromatic heterocycles. The quantitative estimate of drug-likeness (QED) is 0.792. The molecule has 0 N–H and O–H groups in total. The SMILES string of the molecule is COC(=O)CCC(=O)Cn1ncc2ccc(Br)cc21. The molecule has 2 aromatic rings. The van der Waals surface area contributed by atoms with E-state index in [1.165, 1.54) is 7.11 Å². The zero-order valence-corrected chi connectivity index (χ0v) is 12.0. The van der Waals surface area contributed by atoms with Crippen molar-refractivity contribution < 1.29 is 14.3 Å². The van der Waals surface area contributed by atoms with Gasteiger partial charge in [-0.05, 0) is 12.1 Å². The van der Waals surface area contributed by atoms with Gasteiger partial charge in [0.15, 0.2) is 5.78 Å². The smallest absolute Gasteiger partial charge is 0.305 e. The van der Waals surface area contributed by atoms with E-state index in [1.807, 2.05) is 18.2 Å². The highest BCUT2D eigenvalue weighted by Crippen LogP contribution is 2.19. The van der Waals surface area contributed by atoms with Crippen LogP contribution in [0, 0.1) is 0 Å². The third-order valence-electron chi connectivity index (χ3n) is 2.77. The van der Waals surface area contributed by atoms with Crippen LogP contribution in [0.4, 0.5) is 0 Å². The van der Waals surface area contributed by atoms with E-state index in [0.717, 1.165) is 15.4 Å². The first-order valence-corrected chi connectivity index (χ1v) is 6.59. The number of halogens is 1. The van der Waals surface area contributed by atoms with Crippen LogP contribution in [-0.4, -0.2) is 28.6 Å². The van der Waals surface area contributed by atoms with Crippen molar-refractivity contribution in [1.82, 2.24) is 9.78 Å². The van der Waals surface area contributed by atoms with Crippen molar-refractivity contribution in [2.24, 2.45) is 0 Å². The van der Waals surface area contributed by atoms with Gasteiger partial charge in [0, 0.05) is 16.3 Å². The number of ether oxygens (including phenoxy) is 1. The Bertz CT molecular complexity index is 621. The Morgan fingerprint density at radius 3 is 2.89 bits per heavy atom. The Morgan fingerprint density at radius 1 is 1.37 bits per heavy atom. The van der Waals surface area contributed by atoms with Gasteiger partial charge in [-0.1, -0.05) is 22.0 Å². The molecular formula is C13H13BrN2O3. The maximum absolute atomic E-state index is 11.8. The van der Waals surface area contributed by atoms with Gasteiger partial charge in [0.1, 0.15) is 6.54 Å². The molecule has 0 aliphatic carbocycles. The van der Waals surface area contributed by atoms with E-state index in [0.29, 0.717) is 0 Å². The molecule has 1 heterocycles. The zero-order chi connectivity index (χ0) is 13.8. The minimum atomic E-state index is -0.374. The van der Waals surface area contributed by atoms with Crippen LogP contribution in [0.3, 0.4) is 0 Å². The van der Waals surface area contributed by atoms with Crippen LogP contribution < -0.4 is 0 Å². The summed E-state index contributed by atoms with van der Waals surface area (Å²) in [4.78, 5) is 22.8. The summed E-state index contributed by atoms with van der Waals surface area (Å²) in [6.45, 7) is 0.164. The fourth-order valence-corrected chi connectivity index (χ4v) is 2.11. The lowest BCUT2D eigenvalue weighted by molar-refractivity contribution is -0.142. The number of fused-ring (bicyclic) bond motifs is 1. The van der Waals surface area contributed by atoms with Crippen molar-refractivity contribution in [3.8, 4) is 0 Å². The maximum Gasteiger partial charge on any atom is 0.305 e. The Balaban J connectivity index is 2.07. The van der Waals surface area contributed by atoms with Gasteiger partial charge in [-0.25, -0.2) is 0 Å². The molecule has 1 aromatic carbocycles. The van der Waals surface area contributed by atoms with Crippen LogP contribution in [0.2, 0.25) is 0 Å². The Hall–Kier alpha value is -1.69.